The number of fused-ring (bicyclic) bond motifs is 1. The first-order chi connectivity index (χ1) is 7.86. The number of nitrogens with zero attached hydrogens (tertiary/aromatic N) is 1. The molecule has 0 aromatic carbocycles. The fourth-order valence-corrected chi connectivity index (χ4v) is 1.45. The molecule has 0 radical (unpaired) electrons. The molecule has 6 nitrogen and oxygen atoms in total. The van der Waals surface area contributed by atoms with E-state index in [0.717, 1.165) is 18.8 Å². The van der Waals surface area contributed by atoms with Gasteiger partial charge >= 0.3 is 12.1 Å². The predicted molar refractivity (Wildman–Crippen MR) is 49.4 cm³/mol. The van der Waals surface area contributed by atoms with E-state index >= 15 is 0 Å². The molecule has 2 heterocycles. The van der Waals surface area contributed by atoms with Crippen molar-refractivity contribution in [2.24, 2.45) is 11.1 Å². The van der Waals surface area contributed by atoms with Crippen LogP contribution in [-0.4, -0.2) is 53.9 Å². The number of carboxylic acids is 1. The number of aliphatic carboxylic acids is 1. The second-order valence-electron chi connectivity index (χ2n) is 3.45. The molecule has 0 aromatic rings. The molecule has 2 unspecified atom stereocenters. The Balaban J connectivity index is 0.000000185. The Kier molecular flexibility index (Phi) is 4.29. The molecule has 2 aliphatic rings. The molecule has 0 aromatic heterocycles. The number of carbonyl (C=O) groups is 1. The third kappa shape index (κ3) is 3.56. The van der Waals surface area contributed by atoms with Crippen LogP contribution in [0.15, 0.2) is 5.16 Å². The fourth-order valence-electron chi connectivity index (χ4n) is 1.45. The number of nitrogens with one attached hydrogen (secondary N) is 1. The third-order valence-corrected chi connectivity index (χ3v) is 2.30. The van der Waals surface area contributed by atoms with Crippen molar-refractivity contribution in [3.05, 3.63) is 0 Å². The number of rotatable bonds is 1. The molecule has 0 aliphatic carbocycles. The van der Waals surface area contributed by atoms with E-state index < -0.39 is 12.1 Å². The predicted octanol–water partition coefficient (Wildman–Crippen LogP) is -0.414. The lowest BCUT2D eigenvalue weighted by Gasteiger charge is -2.04. The topological polar surface area (TPSA) is 91.2 Å². The van der Waals surface area contributed by atoms with Gasteiger partial charge in [0.25, 0.3) is 0 Å². The summed E-state index contributed by atoms with van der Waals surface area (Å²) in [6, 6.07) is 0. The molecule has 2 rings (SSSR count). The van der Waals surface area contributed by atoms with Crippen LogP contribution in [0.5, 0.6) is 0 Å². The number of carboxylic acid groups (broad SMARTS) is 1. The average molecular weight is 256 g/mol. The minimum Gasteiger partial charge on any atom is -0.475 e. The fraction of sp³-hybridized carbons (Fsp3) is 0.750. The first kappa shape index (κ1) is 13.7. The number of oxime groups is 1. The highest BCUT2D eigenvalue weighted by molar-refractivity contribution is 5.89. The number of halogens is 3. The lowest BCUT2D eigenvalue weighted by molar-refractivity contribution is -0.192. The van der Waals surface area contributed by atoms with Crippen molar-refractivity contribution >= 4 is 11.7 Å². The van der Waals surface area contributed by atoms with E-state index in [-0.39, 0.29) is 12.7 Å². The van der Waals surface area contributed by atoms with Crippen LogP contribution in [0.2, 0.25) is 0 Å². The van der Waals surface area contributed by atoms with E-state index in [0.29, 0.717) is 5.92 Å². The van der Waals surface area contributed by atoms with Gasteiger partial charge in [-0.15, -0.1) is 0 Å². The van der Waals surface area contributed by atoms with E-state index in [1.807, 2.05) is 0 Å². The maximum atomic E-state index is 10.6. The summed E-state index contributed by atoms with van der Waals surface area (Å²) in [5, 5.41) is 22.8. The Hall–Kier alpha value is -1.35. The Morgan fingerprint density at radius 3 is 2.59 bits per heavy atom. The van der Waals surface area contributed by atoms with Gasteiger partial charge in [0.05, 0.1) is 18.2 Å². The molecule has 0 bridgehead atoms. The van der Waals surface area contributed by atoms with E-state index in [1.165, 1.54) is 0 Å². The number of aliphatic hydroxyl groups is 1. The zero-order valence-corrected chi connectivity index (χ0v) is 8.57. The van der Waals surface area contributed by atoms with Gasteiger partial charge in [0, 0.05) is 13.1 Å². The molecule has 0 saturated carbocycles. The maximum Gasteiger partial charge on any atom is 0.490 e. The van der Waals surface area contributed by atoms with Gasteiger partial charge in [-0.05, 0) is 0 Å². The van der Waals surface area contributed by atoms with Crippen molar-refractivity contribution in [1.82, 2.24) is 5.32 Å². The average Bonchev–Trinajstić information content (AvgIpc) is 2.77. The van der Waals surface area contributed by atoms with Crippen molar-refractivity contribution in [3.8, 4) is 0 Å². The van der Waals surface area contributed by atoms with Crippen molar-refractivity contribution in [2.45, 2.75) is 12.3 Å². The quantitative estimate of drug-likeness (QED) is 0.593. The van der Waals surface area contributed by atoms with Gasteiger partial charge in [0.2, 0.25) is 0 Å². The van der Waals surface area contributed by atoms with E-state index in [9.17, 15) is 13.2 Å². The van der Waals surface area contributed by atoms with Crippen LogP contribution in [0.3, 0.4) is 0 Å². The van der Waals surface area contributed by atoms with Crippen LogP contribution in [0.1, 0.15) is 0 Å². The maximum absolute atomic E-state index is 10.6. The Bertz CT molecular complexity index is 318. The van der Waals surface area contributed by atoms with Crippen LogP contribution < -0.4 is 5.32 Å². The number of alkyl halides is 3. The van der Waals surface area contributed by atoms with Crippen molar-refractivity contribution in [1.29, 1.82) is 0 Å². The highest BCUT2D eigenvalue weighted by Crippen LogP contribution is 2.21. The Morgan fingerprint density at radius 1 is 1.53 bits per heavy atom. The molecule has 9 heteroatoms. The summed E-state index contributed by atoms with van der Waals surface area (Å²) >= 11 is 0. The molecule has 2 atom stereocenters. The summed E-state index contributed by atoms with van der Waals surface area (Å²) in [6.07, 6.45) is -4.90. The minimum absolute atomic E-state index is 0.0306. The molecule has 1 saturated heterocycles. The minimum atomic E-state index is -5.08. The summed E-state index contributed by atoms with van der Waals surface area (Å²) in [7, 11) is 0. The molecule has 98 valence electrons. The lowest BCUT2D eigenvalue weighted by Crippen LogP contribution is -2.23. The summed E-state index contributed by atoms with van der Waals surface area (Å²) in [6.45, 7) is 1.78. The summed E-state index contributed by atoms with van der Waals surface area (Å²) in [5.74, 6) is -2.43. The number of hydrogen-bond acceptors (Lipinski definition) is 5. The molecule has 2 aliphatic heterocycles. The number of hydrogen-bond donors (Lipinski definition) is 3. The van der Waals surface area contributed by atoms with Gasteiger partial charge in [-0.2, -0.15) is 13.2 Å². The monoisotopic (exact) mass is 256 g/mol. The van der Waals surface area contributed by atoms with Gasteiger partial charge < -0.3 is 20.4 Å². The van der Waals surface area contributed by atoms with E-state index in [1.54, 1.807) is 0 Å². The normalized spacial score (nSPS) is 26.5. The summed E-state index contributed by atoms with van der Waals surface area (Å²) < 4.78 is 31.7. The number of aliphatic hydroxyl groups excluding tert-OH is 1. The van der Waals surface area contributed by atoms with Crippen molar-refractivity contribution in [2.75, 3.05) is 19.7 Å². The van der Waals surface area contributed by atoms with Gasteiger partial charge in [-0.1, -0.05) is 5.16 Å². The van der Waals surface area contributed by atoms with Crippen LogP contribution in [0.4, 0.5) is 13.2 Å². The molecule has 3 N–H and O–H groups in total. The second-order valence-corrected chi connectivity index (χ2v) is 3.45. The van der Waals surface area contributed by atoms with Crippen LogP contribution >= 0.6 is 0 Å². The van der Waals surface area contributed by atoms with Gasteiger partial charge in [0.1, 0.15) is 6.10 Å². The largest absolute Gasteiger partial charge is 0.490 e. The lowest BCUT2D eigenvalue weighted by atomic mass is 10.0. The summed E-state index contributed by atoms with van der Waals surface area (Å²) in [4.78, 5) is 13.9. The molecular formula is C8H11F3N2O4. The Morgan fingerprint density at radius 2 is 2.12 bits per heavy atom. The van der Waals surface area contributed by atoms with Crippen molar-refractivity contribution in [3.63, 3.8) is 0 Å². The van der Waals surface area contributed by atoms with E-state index in [4.69, 9.17) is 19.8 Å². The standard InChI is InChI=1S/C6H10N2O2.C2HF3O2/c9-3-5-4-1-7-2-6(4)10-8-5;3-2(4,5)1(6)7/h4,6-7,9H,1-3H2;(H,6,7). The highest BCUT2D eigenvalue weighted by Gasteiger charge is 2.38. The third-order valence-electron chi connectivity index (χ3n) is 2.30. The Labute approximate surface area is 94.0 Å². The van der Waals surface area contributed by atoms with Gasteiger partial charge in [-0.3, -0.25) is 0 Å². The van der Waals surface area contributed by atoms with Crippen molar-refractivity contribution < 1.29 is 33.0 Å². The zero-order chi connectivity index (χ0) is 13.1. The van der Waals surface area contributed by atoms with E-state index in [2.05, 4.69) is 10.5 Å². The first-order valence-electron chi connectivity index (χ1n) is 4.70. The van der Waals surface area contributed by atoms with Gasteiger partial charge in [-0.25, -0.2) is 4.79 Å². The first-order valence-corrected chi connectivity index (χ1v) is 4.70. The van der Waals surface area contributed by atoms with Crippen LogP contribution in [0.25, 0.3) is 0 Å². The molecule has 17 heavy (non-hydrogen) atoms. The molecule has 0 spiro atoms. The highest BCUT2D eigenvalue weighted by atomic mass is 19.4. The van der Waals surface area contributed by atoms with Crippen LogP contribution in [-0.2, 0) is 9.63 Å². The smallest absolute Gasteiger partial charge is 0.475 e. The molecule has 0 amide bonds. The van der Waals surface area contributed by atoms with Gasteiger partial charge in [0.15, 0.2) is 0 Å². The summed E-state index contributed by atoms with van der Waals surface area (Å²) in [5.41, 5.74) is 0.787. The second kappa shape index (κ2) is 5.32. The zero-order valence-electron chi connectivity index (χ0n) is 8.57. The molecular weight excluding hydrogens is 245 g/mol. The SMILES string of the molecule is O=C(O)C(F)(F)F.OCC1=NOC2CNCC12. The molecule has 1 fully saturated rings. The van der Waals surface area contributed by atoms with Crippen LogP contribution in [0, 0.1) is 5.92 Å².